The Hall–Kier alpha value is -1.62. The highest BCUT2D eigenvalue weighted by Crippen LogP contribution is 2.16. The monoisotopic (exact) mass is 196 g/mol. The number of carboxylic acid groups (broad SMARTS) is 1. The third-order valence-corrected chi connectivity index (χ3v) is 1.84. The number of pyridine rings is 1. The molecule has 1 aromatic heterocycles. The number of methoxy groups -OCH3 is 1. The average Bonchev–Trinajstić information content (AvgIpc) is 2.18. The molecular weight excluding hydrogens is 184 g/mol. The predicted octanol–water partition coefficient (Wildman–Crippen LogP) is 0.0446. The zero-order valence-corrected chi connectivity index (χ0v) is 7.80. The number of ether oxygens (including phenoxy) is 1. The molecule has 1 aromatic rings. The summed E-state index contributed by atoms with van der Waals surface area (Å²) in [6, 6.07) is 0.747. The zero-order chi connectivity index (χ0) is 10.6. The van der Waals surface area contributed by atoms with E-state index in [4.69, 9.17) is 15.6 Å². The Bertz CT molecular complexity index is 328. The molecule has 5 heteroatoms. The summed E-state index contributed by atoms with van der Waals surface area (Å²) in [5.41, 5.74) is 6.09. The smallest absolute Gasteiger partial charge is 0.320 e. The van der Waals surface area contributed by atoms with Crippen LogP contribution < -0.4 is 10.5 Å². The van der Waals surface area contributed by atoms with Crippen LogP contribution in [-0.2, 0) is 11.2 Å². The first-order chi connectivity index (χ1) is 6.65. The van der Waals surface area contributed by atoms with Crippen molar-refractivity contribution in [3.63, 3.8) is 0 Å². The normalized spacial score (nSPS) is 12.1. The molecule has 0 saturated heterocycles. The topological polar surface area (TPSA) is 85.4 Å². The molecule has 0 unspecified atom stereocenters. The van der Waals surface area contributed by atoms with E-state index in [1.807, 2.05) is 0 Å². The molecule has 0 aromatic carbocycles. The van der Waals surface area contributed by atoms with Gasteiger partial charge in [0.2, 0.25) is 0 Å². The number of aliphatic carboxylic acids is 1. The van der Waals surface area contributed by atoms with E-state index >= 15 is 0 Å². The van der Waals surface area contributed by atoms with Gasteiger partial charge in [0.15, 0.2) is 0 Å². The van der Waals surface area contributed by atoms with Gasteiger partial charge in [-0.2, -0.15) is 0 Å². The van der Waals surface area contributed by atoms with Crippen molar-refractivity contribution >= 4 is 5.97 Å². The zero-order valence-electron chi connectivity index (χ0n) is 7.80. The lowest BCUT2D eigenvalue weighted by Gasteiger charge is -2.09. The van der Waals surface area contributed by atoms with Crippen LogP contribution in [0.15, 0.2) is 18.5 Å². The van der Waals surface area contributed by atoms with Crippen molar-refractivity contribution in [1.82, 2.24) is 4.98 Å². The number of nitrogens with zero attached hydrogens (tertiary/aromatic N) is 1. The molecule has 14 heavy (non-hydrogen) atoms. The minimum atomic E-state index is -1.03. The Morgan fingerprint density at radius 3 is 3.07 bits per heavy atom. The maximum atomic E-state index is 10.5. The van der Waals surface area contributed by atoms with Crippen LogP contribution >= 0.6 is 0 Å². The van der Waals surface area contributed by atoms with Gasteiger partial charge in [-0.05, 0) is 6.07 Å². The molecule has 1 heterocycles. The predicted molar refractivity (Wildman–Crippen MR) is 50.1 cm³/mol. The molecule has 0 saturated carbocycles. The van der Waals surface area contributed by atoms with Crippen LogP contribution in [0.25, 0.3) is 0 Å². The van der Waals surface area contributed by atoms with Crippen LogP contribution in [0.4, 0.5) is 0 Å². The van der Waals surface area contributed by atoms with E-state index in [0.29, 0.717) is 11.3 Å². The van der Waals surface area contributed by atoms with Gasteiger partial charge >= 0.3 is 5.97 Å². The SMILES string of the molecule is COc1ccncc1C[C@@H](N)C(=O)O. The van der Waals surface area contributed by atoms with Crippen molar-refractivity contribution in [3.8, 4) is 5.75 Å². The second kappa shape index (κ2) is 4.57. The van der Waals surface area contributed by atoms with Crippen molar-refractivity contribution in [2.24, 2.45) is 5.73 Å². The van der Waals surface area contributed by atoms with Crippen LogP contribution in [0.5, 0.6) is 5.75 Å². The van der Waals surface area contributed by atoms with Gasteiger partial charge in [-0.1, -0.05) is 0 Å². The van der Waals surface area contributed by atoms with Gasteiger partial charge in [0.1, 0.15) is 11.8 Å². The number of hydrogen-bond acceptors (Lipinski definition) is 4. The minimum absolute atomic E-state index is 0.215. The van der Waals surface area contributed by atoms with E-state index in [1.54, 1.807) is 18.5 Å². The number of nitrogens with two attached hydrogens (primary N) is 1. The number of carbonyl (C=O) groups is 1. The molecule has 76 valence electrons. The fourth-order valence-electron chi connectivity index (χ4n) is 1.09. The molecule has 1 atom stereocenters. The molecule has 5 nitrogen and oxygen atoms in total. The molecule has 0 spiro atoms. The third-order valence-electron chi connectivity index (χ3n) is 1.84. The van der Waals surface area contributed by atoms with Crippen LogP contribution in [-0.4, -0.2) is 29.2 Å². The van der Waals surface area contributed by atoms with Crippen LogP contribution in [0, 0.1) is 0 Å². The van der Waals surface area contributed by atoms with Gasteiger partial charge < -0.3 is 15.6 Å². The summed E-state index contributed by atoms with van der Waals surface area (Å²) in [5, 5.41) is 8.62. The summed E-state index contributed by atoms with van der Waals surface area (Å²) in [5.74, 6) is -0.424. The standard InChI is InChI=1S/C9H12N2O3/c1-14-8-2-3-11-5-6(8)4-7(10)9(12)13/h2-3,5,7H,4,10H2,1H3,(H,12,13)/t7-/m1/s1. The molecule has 0 radical (unpaired) electrons. The summed E-state index contributed by atoms with van der Waals surface area (Å²) < 4.78 is 5.04. The summed E-state index contributed by atoms with van der Waals surface area (Å²) >= 11 is 0. The van der Waals surface area contributed by atoms with Crippen molar-refractivity contribution in [1.29, 1.82) is 0 Å². The number of rotatable bonds is 4. The van der Waals surface area contributed by atoms with Gasteiger partial charge in [-0.3, -0.25) is 9.78 Å². The Kier molecular flexibility index (Phi) is 3.41. The summed E-state index contributed by atoms with van der Waals surface area (Å²) in [7, 11) is 1.52. The number of hydrogen-bond donors (Lipinski definition) is 2. The van der Waals surface area contributed by atoms with Gasteiger partial charge in [-0.25, -0.2) is 0 Å². The van der Waals surface area contributed by atoms with Crippen LogP contribution in [0.2, 0.25) is 0 Å². The van der Waals surface area contributed by atoms with Crippen molar-refractivity contribution < 1.29 is 14.6 Å². The Balaban J connectivity index is 2.80. The summed E-state index contributed by atoms with van der Waals surface area (Å²) in [6.45, 7) is 0. The fraction of sp³-hybridized carbons (Fsp3) is 0.333. The molecule has 0 aliphatic heterocycles. The Labute approximate surface area is 81.5 Å². The van der Waals surface area contributed by atoms with Gasteiger partial charge in [-0.15, -0.1) is 0 Å². The number of aromatic nitrogens is 1. The van der Waals surface area contributed by atoms with Crippen molar-refractivity contribution in [2.75, 3.05) is 7.11 Å². The maximum Gasteiger partial charge on any atom is 0.320 e. The second-order valence-corrected chi connectivity index (χ2v) is 2.84. The lowest BCUT2D eigenvalue weighted by molar-refractivity contribution is -0.138. The van der Waals surface area contributed by atoms with Gasteiger partial charge in [0.05, 0.1) is 7.11 Å². The lowest BCUT2D eigenvalue weighted by Crippen LogP contribution is -2.32. The molecule has 3 N–H and O–H groups in total. The highest BCUT2D eigenvalue weighted by molar-refractivity contribution is 5.73. The van der Waals surface area contributed by atoms with Crippen molar-refractivity contribution in [3.05, 3.63) is 24.0 Å². The van der Waals surface area contributed by atoms with E-state index in [2.05, 4.69) is 4.98 Å². The van der Waals surface area contributed by atoms with Gasteiger partial charge in [0, 0.05) is 24.4 Å². The third kappa shape index (κ3) is 2.43. The summed E-state index contributed by atoms with van der Waals surface area (Å²) in [6.07, 6.45) is 3.35. The minimum Gasteiger partial charge on any atom is -0.496 e. The quantitative estimate of drug-likeness (QED) is 0.710. The first kappa shape index (κ1) is 10.5. The van der Waals surface area contributed by atoms with E-state index in [1.165, 1.54) is 7.11 Å². The number of carboxylic acids is 1. The highest BCUT2D eigenvalue weighted by atomic mass is 16.5. The lowest BCUT2D eigenvalue weighted by atomic mass is 10.1. The molecule has 0 aliphatic carbocycles. The first-order valence-corrected chi connectivity index (χ1v) is 4.10. The second-order valence-electron chi connectivity index (χ2n) is 2.84. The van der Waals surface area contributed by atoms with E-state index in [-0.39, 0.29) is 6.42 Å². The van der Waals surface area contributed by atoms with E-state index in [9.17, 15) is 4.79 Å². The molecular formula is C9H12N2O3. The Morgan fingerprint density at radius 1 is 1.79 bits per heavy atom. The van der Waals surface area contributed by atoms with Crippen LogP contribution in [0.3, 0.4) is 0 Å². The first-order valence-electron chi connectivity index (χ1n) is 4.10. The molecule has 0 aliphatic rings. The Morgan fingerprint density at radius 2 is 2.50 bits per heavy atom. The largest absolute Gasteiger partial charge is 0.496 e. The van der Waals surface area contributed by atoms with E-state index in [0.717, 1.165) is 0 Å². The van der Waals surface area contributed by atoms with Gasteiger partial charge in [0.25, 0.3) is 0 Å². The van der Waals surface area contributed by atoms with Crippen molar-refractivity contribution in [2.45, 2.75) is 12.5 Å². The van der Waals surface area contributed by atoms with Crippen LogP contribution in [0.1, 0.15) is 5.56 Å². The maximum absolute atomic E-state index is 10.5. The molecule has 0 fully saturated rings. The molecule has 0 amide bonds. The molecule has 0 bridgehead atoms. The summed E-state index contributed by atoms with van der Waals surface area (Å²) in [4.78, 5) is 14.4. The average molecular weight is 196 g/mol. The highest BCUT2D eigenvalue weighted by Gasteiger charge is 2.14. The fourth-order valence-corrected chi connectivity index (χ4v) is 1.09. The molecule has 1 rings (SSSR count). The van der Waals surface area contributed by atoms with E-state index < -0.39 is 12.0 Å².